The minimum absolute atomic E-state index is 0.241. The number of hydrogen-bond acceptors (Lipinski definition) is 2. The highest BCUT2D eigenvalue weighted by Gasteiger charge is 2.26. The Bertz CT molecular complexity index is 377. The monoisotopic (exact) mass is 225 g/mol. The molecule has 0 bridgehead atoms. The van der Waals surface area contributed by atoms with Gasteiger partial charge in [0.1, 0.15) is 11.9 Å². The van der Waals surface area contributed by atoms with Gasteiger partial charge in [0.15, 0.2) is 0 Å². The molecular weight excluding hydrogens is 209 g/mol. The molecule has 88 valence electrons. The second-order valence-corrected chi connectivity index (χ2v) is 4.22. The number of carbonyl (C=O) groups excluding carboxylic acids is 1. The summed E-state index contributed by atoms with van der Waals surface area (Å²) < 4.78 is 15.0. The maximum atomic E-state index is 13.5. The zero-order chi connectivity index (χ0) is 11.5. The van der Waals surface area contributed by atoms with Gasteiger partial charge in [-0.25, -0.2) is 4.39 Å². The Labute approximate surface area is 93.8 Å². The van der Waals surface area contributed by atoms with Gasteiger partial charge in [0.05, 0.1) is 6.04 Å². The number of aromatic nitrogens is 2. The minimum atomic E-state index is -0.911. The van der Waals surface area contributed by atoms with Gasteiger partial charge in [-0.15, -0.1) is 0 Å². The lowest BCUT2D eigenvalue weighted by molar-refractivity contribution is 0.0874. The minimum Gasteiger partial charge on any atom is -0.345 e. The van der Waals surface area contributed by atoms with Gasteiger partial charge in [-0.2, -0.15) is 5.10 Å². The van der Waals surface area contributed by atoms with Gasteiger partial charge in [0, 0.05) is 13.2 Å². The first-order chi connectivity index (χ1) is 7.68. The first-order valence-electron chi connectivity index (χ1n) is 5.61. The standard InChI is InChI=1S/C11H16FN3O/c1-15-10(6-7-13-15)11(16)14-9-5-3-2-4-8(9)12/h6-9H,2-5H2,1H3,(H,14,16)/t8-,9-/m1/s1. The first kappa shape index (κ1) is 11.1. The van der Waals surface area contributed by atoms with Crippen molar-refractivity contribution in [3.8, 4) is 0 Å². The zero-order valence-corrected chi connectivity index (χ0v) is 9.32. The van der Waals surface area contributed by atoms with E-state index in [0.29, 0.717) is 12.1 Å². The number of halogens is 1. The largest absolute Gasteiger partial charge is 0.345 e. The molecule has 1 heterocycles. The van der Waals surface area contributed by atoms with Gasteiger partial charge in [-0.05, 0) is 18.9 Å². The topological polar surface area (TPSA) is 46.9 Å². The molecule has 0 radical (unpaired) electrons. The van der Waals surface area contributed by atoms with Gasteiger partial charge >= 0.3 is 0 Å². The number of hydrogen-bond donors (Lipinski definition) is 1. The summed E-state index contributed by atoms with van der Waals surface area (Å²) in [6, 6.07) is 1.29. The van der Waals surface area contributed by atoms with Crippen molar-refractivity contribution in [2.24, 2.45) is 7.05 Å². The average molecular weight is 225 g/mol. The molecule has 0 aromatic carbocycles. The molecule has 0 aliphatic heterocycles. The van der Waals surface area contributed by atoms with Crippen LogP contribution in [0.3, 0.4) is 0 Å². The molecule has 2 atom stereocenters. The Hall–Kier alpha value is -1.39. The predicted molar refractivity (Wildman–Crippen MR) is 57.8 cm³/mol. The number of amides is 1. The van der Waals surface area contributed by atoms with E-state index in [0.717, 1.165) is 19.3 Å². The molecule has 1 aromatic heterocycles. The summed E-state index contributed by atoms with van der Waals surface area (Å²) in [6.45, 7) is 0. The van der Waals surface area contributed by atoms with E-state index < -0.39 is 6.17 Å². The van der Waals surface area contributed by atoms with E-state index in [1.165, 1.54) is 4.68 Å². The van der Waals surface area contributed by atoms with Gasteiger partial charge in [0.25, 0.3) is 5.91 Å². The second-order valence-electron chi connectivity index (χ2n) is 4.22. The zero-order valence-electron chi connectivity index (χ0n) is 9.32. The summed E-state index contributed by atoms with van der Waals surface area (Å²) in [7, 11) is 1.70. The number of rotatable bonds is 2. The van der Waals surface area contributed by atoms with Crippen LogP contribution in [0.1, 0.15) is 36.2 Å². The number of alkyl halides is 1. The van der Waals surface area contributed by atoms with Crippen LogP contribution in [0.4, 0.5) is 4.39 Å². The fraction of sp³-hybridized carbons (Fsp3) is 0.636. The van der Waals surface area contributed by atoms with Crippen molar-refractivity contribution in [3.63, 3.8) is 0 Å². The molecule has 1 aliphatic rings. The van der Waals surface area contributed by atoms with Crippen LogP contribution in [-0.2, 0) is 7.05 Å². The van der Waals surface area contributed by atoms with Gasteiger partial charge in [-0.1, -0.05) is 12.8 Å². The molecule has 2 rings (SSSR count). The van der Waals surface area contributed by atoms with Gasteiger partial charge in [0.2, 0.25) is 0 Å². The first-order valence-corrected chi connectivity index (χ1v) is 5.61. The molecule has 4 nitrogen and oxygen atoms in total. The highest BCUT2D eigenvalue weighted by molar-refractivity contribution is 5.92. The fourth-order valence-electron chi connectivity index (χ4n) is 2.09. The van der Waals surface area contributed by atoms with E-state index in [2.05, 4.69) is 10.4 Å². The average Bonchev–Trinajstić information content (AvgIpc) is 2.68. The van der Waals surface area contributed by atoms with Gasteiger partial charge < -0.3 is 5.32 Å². The van der Waals surface area contributed by atoms with E-state index in [4.69, 9.17) is 0 Å². The molecule has 1 amide bonds. The molecule has 1 aromatic rings. The van der Waals surface area contributed by atoms with Crippen molar-refractivity contribution in [2.75, 3.05) is 0 Å². The summed E-state index contributed by atoms with van der Waals surface area (Å²) in [6.07, 6.45) is 3.82. The van der Waals surface area contributed by atoms with E-state index in [1.807, 2.05) is 0 Å². The molecule has 0 spiro atoms. The quantitative estimate of drug-likeness (QED) is 0.827. The van der Waals surface area contributed by atoms with Crippen LogP contribution in [0.2, 0.25) is 0 Å². The lowest BCUT2D eigenvalue weighted by Gasteiger charge is -2.26. The predicted octanol–water partition coefficient (Wildman–Crippen LogP) is 1.43. The van der Waals surface area contributed by atoms with Crippen molar-refractivity contribution >= 4 is 5.91 Å². The van der Waals surface area contributed by atoms with Crippen molar-refractivity contribution in [2.45, 2.75) is 37.9 Å². The Morgan fingerprint density at radius 3 is 2.94 bits per heavy atom. The summed E-state index contributed by atoms with van der Waals surface area (Å²) in [5.41, 5.74) is 0.470. The smallest absolute Gasteiger partial charge is 0.269 e. The molecule has 5 heteroatoms. The summed E-state index contributed by atoms with van der Waals surface area (Å²) in [5.74, 6) is -0.241. The molecule has 16 heavy (non-hydrogen) atoms. The van der Waals surface area contributed by atoms with Gasteiger partial charge in [-0.3, -0.25) is 9.48 Å². The van der Waals surface area contributed by atoms with E-state index in [-0.39, 0.29) is 11.9 Å². The van der Waals surface area contributed by atoms with Crippen LogP contribution in [0.15, 0.2) is 12.3 Å². The Morgan fingerprint density at radius 2 is 2.31 bits per heavy atom. The molecule has 0 unspecified atom stereocenters. The maximum absolute atomic E-state index is 13.5. The number of nitrogens with one attached hydrogen (secondary N) is 1. The Kier molecular flexibility index (Phi) is 3.22. The highest BCUT2D eigenvalue weighted by atomic mass is 19.1. The Morgan fingerprint density at radius 1 is 1.56 bits per heavy atom. The van der Waals surface area contributed by atoms with Crippen molar-refractivity contribution in [3.05, 3.63) is 18.0 Å². The van der Waals surface area contributed by atoms with Crippen molar-refractivity contribution in [1.82, 2.24) is 15.1 Å². The highest BCUT2D eigenvalue weighted by Crippen LogP contribution is 2.21. The summed E-state index contributed by atoms with van der Waals surface area (Å²) in [5, 5.41) is 6.65. The van der Waals surface area contributed by atoms with Crippen LogP contribution in [-0.4, -0.2) is 27.9 Å². The van der Waals surface area contributed by atoms with Crippen molar-refractivity contribution < 1.29 is 9.18 Å². The fourth-order valence-corrected chi connectivity index (χ4v) is 2.09. The SMILES string of the molecule is Cn1nccc1C(=O)N[C@@H]1CCCC[C@H]1F. The van der Waals surface area contributed by atoms with Crippen molar-refractivity contribution in [1.29, 1.82) is 0 Å². The van der Waals surface area contributed by atoms with E-state index in [9.17, 15) is 9.18 Å². The summed E-state index contributed by atoms with van der Waals surface area (Å²) >= 11 is 0. The summed E-state index contributed by atoms with van der Waals surface area (Å²) in [4.78, 5) is 11.8. The van der Waals surface area contributed by atoms with Crippen LogP contribution < -0.4 is 5.32 Å². The number of nitrogens with zero attached hydrogens (tertiary/aromatic N) is 2. The molecule has 0 saturated heterocycles. The molecule has 1 fully saturated rings. The van der Waals surface area contributed by atoms with Crippen LogP contribution in [0.25, 0.3) is 0 Å². The van der Waals surface area contributed by atoms with Crippen LogP contribution >= 0.6 is 0 Å². The number of aryl methyl sites for hydroxylation is 1. The van der Waals surface area contributed by atoms with Crippen LogP contribution in [0.5, 0.6) is 0 Å². The van der Waals surface area contributed by atoms with Crippen LogP contribution in [0, 0.1) is 0 Å². The molecular formula is C11H16FN3O. The lowest BCUT2D eigenvalue weighted by Crippen LogP contribution is -2.43. The third kappa shape index (κ3) is 2.23. The maximum Gasteiger partial charge on any atom is 0.269 e. The molecule has 1 N–H and O–H groups in total. The third-order valence-electron chi connectivity index (χ3n) is 3.05. The van der Waals surface area contributed by atoms with E-state index in [1.54, 1.807) is 19.3 Å². The second kappa shape index (κ2) is 4.63. The Balaban J connectivity index is 1.99. The number of carbonyl (C=O) groups is 1. The third-order valence-corrected chi connectivity index (χ3v) is 3.05. The normalized spacial score (nSPS) is 25.4. The lowest BCUT2D eigenvalue weighted by atomic mass is 9.93. The molecule has 1 aliphatic carbocycles. The van der Waals surface area contributed by atoms with E-state index >= 15 is 0 Å². The molecule has 1 saturated carbocycles.